The molecule has 0 aliphatic heterocycles. The van der Waals surface area contributed by atoms with Crippen molar-refractivity contribution in [1.29, 1.82) is 0 Å². The Balaban J connectivity index is 1.46. The molecule has 0 fully saturated rings. The van der Waals surface area contributed by atoms with E-state index >= 15 is 0 Å². The van der Waals surface area contributed by atoms with E-state index in [1.54, 1.807) is 18.4 Å². The molecular formula is C20H20N4O3S. The number of methoxy groups -OCH3 is 1. The highest BCUT2D eigenvalue weighted by atomic mass is 32.1. The fourth-order valence-electron chi connectivity index (χ4n) is 3.35. The fourth-order valence-corrected chi connectivity index (χ4v) is 4.57. The van der Waals surface area contributed by atoms with E-state index in [-0.39, 0.29) is 18.0 Å². The topological polar surface area (TPSA) is 85.6 Å². The molecule has 1 aliphatic carbocycles. The number of nitrogens with zero attached hydrogens (tertiary/aromatic N) is 3. The lowest BCUT2D eigenvalue weighted by atomic mass is 9.97. The van der Waals surface area contributed by atoms with Crippen molar-refractivity contribution in [2.24, 2.45) is 5.10 Å². The number of carbonyl (C=O) groups is 1. The van der Waals surface area contributed by atoms with Crippen LogP contribution in [0, 0.1) is 0 Å². The highest BCUT2D eigenvalue weighted by Crippen LogP contribution is 2.33. The van der Waals surface area contributed by atoms with Gasteiger partial charge in [0.15, 0.2) is 0 Å². The molecule has 1 aliphatic rings. The molecule has 8 heteroatoms. The Morgan fingerprint density at radius 2 is 2.11 bits per heavy atom. The van der Waals surface area contributed by atoms with E-state index in [1.807, 2.05) is 24.3 Å². The first-order chi connectivity index (χ1) is 13.7. The second-order valence-corrected chi connectivity index (χ2v) is 7.72. The van der Waals surface area contributed by atoms with Gasteiger partial charge in [-0.1, -0.05) is 0 Å². The molecule has 3 aromatic rings. The zero-order chi connectivity index (χ0) is 19.5. The fraction of sp³-hybridized carbons (Fsp3) is 0.300. The summed E-state index contributed by atoms with van der Waals surface area (Å²) in [6.45, 7) is -0.119. The molecule has 1 amide bonds. The summed E-state index contributed by atoms with van der Waals surface area (Å²) in [5, 5.41) is 4.62. The van der Waals surface area contributed by atoms with Gasteiger partial charge in [0.05, 0.1) is 25.0 Å². The molecule has 144 valence electrons. The number of hydrazone groups is 1. The van der Waals surface area contributed by atoms with Crippen LogP contribution in [0.2, 0.25) is 0 Å². The van der Waals surface area contributed by atoms with Gasteiger partial charge in [-0.25, -0.2) is 10.4 Å². The van der Waals surface area contributed by atoms with Crippen LogP contribution in [-0.4, -0.2) is 28.8 Å². The van der Waals surface area contributed by atoms with Crippen molar-refractivity contribution in [3.8, 4) is 5.75 Å². The minimum atomic E-state index is -0.378. The summed E-state index contributed by atoms with van der Waals surface area (Å²) < 4.78 is 6.45. The monoisotopic (exact) mass is 396 g/mol. The number of benzene rings is 1. The number of rotatable bonds is 5. The van der Waals surface area contributed by atoms with Crippen molar-refractivity contribution in [3.63, 3.8) is 0 Å². The molecule has 2 aromatic heterocycles. The van der Waals surface area contributed by atoms with Crippen LogP contribution in [0.4, 0.5) is 0 Å². The van der Waals surface area contributed by atoms with Gasteiger partial charge in [-0.15, -0.1) is 11.3 Å². The van der Waals surface area contributed by atoms with Crippen LogP contribution in [-0.2, 0) is 24.2 Å². The van der Waals surface area contributed by atoms with Crippen molar-refractivity contribution in [2.75, 3.05) is 7.11 Å². The van der Waals surface area contributed by atoms with Gasteiger partial charge in [0.25, 0.3) is 11.5 Å². The van der Waals surface area contributed by atoms with E-state index < -0.39 is 0 Å². The first kappa shape index (κ1) is 18.4. The van der Waals surface area contributed by atoms with Crippen molar-refractivity contribution in [3.05, 3.63) is 57.0 Å². The predicted molar refractivity (Wildman–Crippen MR) is 109 cm³/mol. The average molecular weight is 396 g/mol. The Hall–Kier alpha value is -3.00. The summed E-state index contributed by atoms with van der Waals surface area (Å²) in [5.41, 5.74) is 4.25. The van der Waals surface area contributed by atoms with Crippen LogP contribution >= 0.6 is 11.3 Å². The summed E-state index contributed by atoms with van der Waals surface area (Å²) in [4.78, 5) is 31.5. The van der Waals surface area contributed by atoms with Gasteiger partial charge < -0.3 is 4.74 Å². The predicted octanol–water partition coefficient (Wildman–Crippen LogP) is 2.50. The van der Waals surface area contributed by atoms with Crippen LogP contribution in [0.1, 0.15) is 28.8 Å². The highest BCUT2D eigenvalue weighted by molar-refractivity contribution is 7.18. The zero-order valence-electron chi connectivity index (χ0n) is 15.5. The third-order valence-corrected chi connectivity index (χ3v) is 5.97. The van der Waals surface area contributed by atoms with Crippen molar-refractivity contribution in [2.45, 2.75) is 32.2 Å². The molecule has 7 nitrogen and oxygen atoms in total. The van der Waals surface area contributed by atoms with E-state index in [9.17, 15) is 9.59 Å². The highest BCUT2D eigenvalue weighted by Gasteiger charge is 2.20. The van der Waals surface area contributed by atoms with E-state index in [2.05, 4.69) is 15.5 Å². The lowest BCUT2D eigenvalue weighted by Crippen LogP contribution is -2.30. The zero-order valence-corrected chi connectivity index (χ0v) is 16.3. The first-order valence-electron chi connectivity index (χ1n) is 9.11. The summed E-state index contributed by atoms with van der Waals surface area (Å²) >= 11 is 1.60. The van der Waals surface area contributed by atoms with E-state index in [0.717, 1.165) is 47.4 Å². The molecular weight excluding hydrogens is 376 g/mol. The van der Waals surface area contributed by atoms with Crippen LogP contribution < -0.4 is 15.7 Å². The number of nitrogens with one attached hydrogen (secondary N) is 1. The molecule has 2 heterocycles. The molecule has 1 aromatic carbocycles. The van der Waals surface area contributed by atoms with Gasteiger partial charge in [0.1, 0.15) is 17.1 Å². The lowest BCUT2D eigenvalue weighted by molar-refractivity contribution is -0.121. The van der Waals surface area contributed by atoms with Gasteiger partial charge in [-0.3, -0.25) is 14.2 Å². The third-order valence-electron chi connectivity index (χ3n) is 4.77. The van der Waals surface area contributed by atoms with Crippen LogP contribution in [0.5, 0.6) is 5.75 Å². The van der Waals surface area contributed by atoms with Crippen molar-refractivity contribution in [1.82, 2.24) is 15.0 Å². The molecule has 28 heavy (non-hydrogen) atoms. The smallest absolute Gasteiger partial charge is 0.262 e. The summed E-state index contributed by atoms with van der Waals surface area (Å²) in [6.07, 6.45) is 7.15. The molecule has 4 rings (SSSR count). The number of hydrogen-bond acceptors (Lipinski definition) is 6. The quantitative estimate of drug-likeness (QED) is 0.530. The van der Waals surface area contributed by atoms with Gasteiger partial charge >= 0.3 is 0 Å². The van der Waals surface area contributed by atoms with Crippen molar-refractivity contribution >= 4 is 33.7 Å². The van der Waals surface area contributed by atoms with E-state index in [1.165, 1.54) is 22.0 Å². The van der Waals surface area contributed by atoms with E-state index in [4.69, 9.17) is 4.74 Å². The molecule has 0 saturated heterocycles. The maximum atomic E-state index is 12.9. The average Bonchev–Trinajstić information content (AvgIpc) is 3.10. The van der Waals surface area contributed by atoms with Crippen LogP contribution in [0.3, 0.4) is 0 Å². The first-order valence-corrected chi connectivity index (χ1v) is 9.93. The number of aromatic nitrogens is 2. The molecule has 0 atom stereocenters. The Morgan fingerprint density at radius 3 is 2.89 bits per heavy atom. The van der Waals surface area contributed by atoms with Crippen LogP contribution in [0.15, 0.2) is 40.5 Å². The Bertz CT molecular complexity index is 1100. The third kappa shape index (κ3) is 3.68. The second-order valence-electron chi connectivity index (χ2n) is 6.64. The summed E-state index contributed by atoms with van der Waals surface area (Å²) in [5.74, 6) is 0.371. The Morgan fingerprint density at radius 1 is 1.32 bits per heavy atom. The molecule has 0 unspecified atom stereocenters. The Kier molecular flexibility index (Phi) is 5.21. The largest absolute Gasteiger partial charge is 0.497 e. The molecule has 0 radical (unpaired) electrons. The van der Waals surface area contributed by atoms with Crippen LogP contribution in [0.25, 0.3) is 10.2 Å². The molecule has 0 spiro atoms. The summed E-state index contributed by atoms with van der Waals surface area (Å²) in [6, 6.07) is 7.28. The minimum absolute atomic E-state index is 0.119. The maximum absolute atomic E-state index is 12.9. The SMILES string of the molecule is COc1ccc(/C=N\NC(=O)Cn2cnc3sc4c(c3c2=O)CCCC4)cc1. The van der Waals surface area contributed by atoms with Gasteiger partial charge in [-0.05, 0) is 61.1 Å². The van der Waals surface area contributed by atoms with Crippen molar-refractivity contribution < 1.29 is 9.53 Å². The summed E-state index contributed by atoms with van der Waals surface area (Å²) in [7, 11) is 1.60. The van der Waals surface area contributed by atoms with Gasteiger partial charge in [-0.2, -0.15) is 5.10 Å². The number of fused-ring (bicyclic) bond motifs is 3. The van der Waals surface area contributed by atoms with Gasteiger partial charge in [0.2, 0.25) is 0 Å². The van der Waals surface area contributed by atoms with E-state index in [0.29, 0.717) is 5.39 Å². The Labute approximate surface area is 165 Å². The molecule has 0 saturated carbocycles. The minimum Gasteiger partial charge on any atom is -0.497 e. The molecule has 1 N–H and O–H groups in total. The second kappa shape index (κ2) is 7.93. The number of thiophene rings is 1. The number of hydrogen-bond donors (Lipinski definition) is 1. The number of carbonyl (C=O) groups excluding carboxylic acids is 1. The number of aryl methyl sites for hydroxylation is 2. The maximum Gasteiger partial charge on any atom is 0.262 e. The number of amides is 1. The van der Waals surface area contributed by atoms with Gasteiger partial charge in [0, 0.05) is 4.88 Å². The standard InChI is InChI=1S/C20H20N4O3S/c1-27-14-8-6-13(7-9-14)10-22-23-17(25)11-24-12-21-19-18(20(24)26)15-4-2-3-5-16(15)28-19/h6-10,12H,2-5,11H2,1H3,(H,23,25)/b22-10-. The number of ether oxygens (including phenoxy) is 1. The lowest BCUT2D eigenvalue weighted by Gasteiger charge is -2.10. The normalized spacial score (nSPS) is 13.6. The molecule has 0 bridgehead atoms.